The first-order chi connectivity index (χ1) is 6.45. The van der Waals surface area contributed by atoms with Crippen LogP contribution in [0.2, 0.25) is 0 Å². The first-order valence-electron chi connectivity index (χ1n) is 4.54. The maximum atomic E-state index is 5.27. The fourth-order valence-corrected chi connectivity index (χ4v) is 1.45. The van der Waals surface area contributed by atoms with Crippen LogP contribution < -0.4 is 5.32 Å². The van der Waals surface area contributed by atoms with Gasteiger partial charge in [-0.3, -0.25) is 0 Å². The van der Waals surface area contributed by atoms with E-state index in [0.717, 1.165) is 31.7 Å². The Kier molecular flexibility index (Phi) is 2.72. The van der Waals surface area contributed by atoms with Crippen LogP contribution in [0.1, 0.15) is 12.8 Å². The minimum absolute atomic E-state index is 0.514. The Bertz CT molecular complexity index is 246. The number of rotatable bonds is 2. The quantitative estimate of drug-likeness (QED) is 0.737. The summed E-state index contributed by atoms with van der Waals surface area (Å²) in [6.07, 6.45) is 7.25. The highest BCUT2D eigenvalue weighted by atomic mass is 16.5. The zero-order valence-electron chi connectivity index (χ0n) is 7.44. The molecule has 1 aliphatic rings. The zero-order chi connectivity index (χ0) is 8.93. The predicted octanol–water partition coefficient (Wildman–Crippen LogP) is 1.07. The van der Waals surface area contributed by atoms with Gasteiger partial charge in [-0.15, -0.1) is 0 Å². The van der Waals surface area contributed by atoms with E-state index in [1.807, 2.05) is 0 Å². The van der Waals surface area contributed by atoms with Gasteiger partial charge in [0.25, 0.3) is 0 Å². The Morgan fingerprint density at radius 2 is 1.92 bits per heavy atom. The van der Waals surface area contributed by atoms with Crippen LogP contribution in [0, 0.1) is 0 Å². The van der Waals surface area contributed by atoms with Crippen molar-refractivity contribution in [1.82, 2.24) is 9.97 Å². The molecule has 0 spiro atoms. The average Bonchev–Trinajstić information content (AvgIpc) is 2.21. The molecule has 0 atom stereocenters. The number of hydrogen-bond acceptors (Lipinski definition) is 4. The van der Waals surface area contributed by atoms with Crippen LogP contribution in [-0.4, -0.2) is 29.2 Å². The molecule has 1 aromatic heterocycles. The number of nitrogens with one attached hydrogen (secondary N) is 1. The van der Waals surface area contributed by atoms with Crippen molar-refractivity contribution in [2.24, 2.45) is 0 Å². The van der Waals surface area contributed by atoms with E-state index in [-0.39, 0.29) is 0 Å². The Morgan fingerprint density at radius 1 is 1.23 bits per heavy atom. The summed E-state index contributed by atoms with van der Waals surface area (Å²) in [7, 11) is 0. The third-order valence-electron chi connectivity index (χ3n) is 2.15. The largest absolute Gasteiger partial charge is 0.381 e. The van der Waals surface area contributed by atoms with Gasteiger partial charge in [-0.2, -0.15) is 0 Å². The third kappa shape index (κ3) is 2.39. The van der Waals surface area contributed by atoms with Crippen molar-refractivity contribution >= 4 is 5.69 Å². The van der Waals surface area contributed by atoms with Gasteiger partial charge in [-0.25, -0.2) is 9.97 Å². The second-order valence-electron chi connectivity index (χ2n) is 3.16. The van der Waals surface area contributed by atoms with Crippen molar-refractivity contribution in [3.8, 4) is 0 Å². The first kappa shape index (κ1) is 8.44. The van der Waals surface area contributed by atoms with Crippen molar-refractivity contribution in [2.75, 3.05) is 18.5 Å². The van der Waals surface area contributed by atoms with Crippen LogP contribution in [-0.2, 0) is 4.74 Å². The summed E-state index contributed by atoms with van der Waals surface area (Å²) in [6.45, 7) is 1.71. The highest BCUT2D eigenvalue weighted by molar-refractivity contribution is 5.38. The molecule has 1 N–H and O–H groups in total. The van der Waals surface area contributed by atoms with E-state index in [1.165, 1.54) is 6.33 Å². The lowest BCUT2D eigenvalue weighted by Crippen LogP contribution is -2.27. The summed E-state index contributed by atoms with van der Waals surface area (Å²) in [5, 5.41) is 3.38. The minimum Gasteiger partial charge on any atom is -0.381 e. The van der Waals surface area contributed by atoms with E-state index in [2.05, 4.69) is 15.3 Å². The topological polar surface area (TPSA) is 47.0 Å². The van der Waals surface area contributed by atoms with E-state index in [4.69, 9.17) is 4.74 Å². The van der Waals surface area contributed by atoms with E-state index >= 15 is 0 Å². The van der Waals surface area contributed by atoms with Gasteiger partial charge in [0.1, 0.15) is 6.33 Å². The molecule has 4 heteroatoms. The fraction of sp³-hybridized carbons (Fsp3) is 0.556. The molecule has 1 aromatic rings. The Morgan fingerprint density at radius 3 is 2.62 bits per heavy atom. The average molecular weight is 179 g/mol. The monoisotopic (exact) mass is 179 g/mol. The summed E-state index contributed by atoms with van der Waals surface area (Å²) in [5.74, 6) is 0. The molecule has 2 rings (SSSR count). The van der Waals surface area contributed by atoms with E-state index in [0.29, 0.717) is 6.04 Å². The van der Waals surface area contributed by atoms with Crippen LogP contribution in [0.15, 0.2) is 18.7 Å². The van der Waals surface area contributed by atoms with E-state index in [1.54, 1.807) is 12.4 Å². The summed E-state index contributed by atoms with van der Waals surface area (Å²) in [4.78, 5) is 7.89. The number of nitrogens with zero attached hydrogens (tertiary/aromatic N) is 2. The molecule has 13 heavy (non-hydrogen) atoms. The lowest BCUT2D eigenvalue weighted by Gasteiger charge is -2.23. The standard InChI is InChI=1S/C9H13N3O/c1-3-13-4-2-8(1)12-9-5-10-7-11-6-9/h5-8,12H,1-4H2. The molecule has 0 aromatic carbocycles. The van der Waals surface area contributed by atoms with Crippen LogP contribution in [0.5, 0.6) is 0 Å². The van der Waals surface area contributed by atoms with Crippen molar-refractivity contribution < 1.29 is 4.74 Å². The molecule has 0 radical (unpaired) electrons. The maximum absolute atomic E-state index is 5.27. The molecule has 70 valence electrons. The second kappa shape index (κ2) is 4.18. The van der Waals surface area contributed by atoms with Crippen molar-refractivity contribution in [1.29, 1.82) is 0 Å². The maximum Gasteiger partial charge on any atom is 0.115 e. The highest BCUT2D eigenvalue weighted by Crippen LogP contribution is 2.12. The molecular formula is C9H13N3O. The van der Waals surface area contributed by atoms with Gasteiger partial charge in [0.05, 0.1) is 18.1 Å². The van der Waals surface area contributed by atoms with Crippen LogP contribution in [0.3, 0.4) is 0 Å². The summed E-state index contributed by atoms with van der Waals surface area (Å²) < 4.78 is 5.27. The lowest BCUT2D eigenvalue weighted by atomic mass is 10.1. The predicted molar refractivity (Wildman–Crippen MR) is 49.5 cm³/mol. The molecular weight excluding hydrogens is 166 g/mol. The number of ether oxygens (including phenoxy) is 1. The molecule has 0 bridgehead atoms. The molecule has 0 aliphatic carbocycles. The van der Waals surface area contributed by atoms with Crippen molar-refractivity contribution in [3.63, 3.8) is 0 Å². The highest BCUT2D eigenvalue weighted by Gasteiger charge is 2.12. The van der Waals surface area contributed by atoms with Gasteiger partial charge >= 0.3 is 0 Å². The smallest absolute Gasteiger partial charge is 0.115 e. The second-order valence-corrected chi connectivity index (χ2v) is 3.16. The third-order valence-corrected chi connectivity index (χ3v) is 2.15. The number of aromatic nitrogens is 2. The minimum atomic E-state index is 0.514. The van der Waals surface area contributed by atoms with Crippen LogP contribution in [0.4, 0.5) is 5.69 Å². The van der Waals surface area contributed by atoms with Crippen molar-refractivity contribution in [2.45, 2.75) is 18.9 Å². The lowest BCUT2D eigenvalue weighted by molar-refractivity contribution is 0.0904. The first-order valence-corrected chi connectivity index (χ1v) is 4.54. The van der Waals surface area contributed by atoms with Gasteiger partial charge < -0.3 is 10.1 Å². The van der Waals surface area contributed by atoms with Crippen molar-refractivity contribution in [3.05, 3.63) is 18.7 Å². The summed E-state index contributed by atoms with van der Waals surface area (Å²) >= 11 is 0. The molecule has 1 aliphatic heterocycles. The fourth-order valence-electron chi connectivity index (χ4n) is 1.45. The van der Waals surface area contributed by atoms with Gasteiger partial charge in [0.15, 0.2) is 0 Å². The van der Waals surface area contributed by atoms with Gasteiger partial charge in [-0.1, -0.05) is 0 Å². The number of anilines is 1. The van der Waals surface area contributed by atoms with E-state index in [9.17, 15) is 0 Å². The molecule has 2 heterocycles. The van der Waals surface area contributed by atoms with E-state index < -0.39 is 0 Å². The molecule has 1 fully saturated rings. The SMILES string of the molecule is c1ncc(NC2CCOCC2)cn1. The molecule has 0 unspecified atom stereocenters. The Balaban J connectivity index is 1.90. The Hall–Kier alpha value is -1.16. The summed E-state index contributed by atoms with van der Waals surface area (Å²) in [5.41, 5.74) is 0.995. The summed E-state index contributed by atoms with van der Waals surface area (Å²) in [6, 6.07) is 0.514. The normalized spacial score (nSPS) is 18.5. The molecule has 4 nitrogen and oxygen atoms in total. The molecule has 1 saturated heterocycles. The Labute approximate surface area is 77.4 Å². The van der Waals surface area contributed by atoms with Crippen LogP contribution in [0.25, 0.3) is 0 Å². The van der Waals surface area contributed by atoms with Gasteiger partial charge in [-0.05, 0) is 12.8 Å². The van der Waals surface area contributed by atoms with Crippen LogP contribution >= 0.6 is 0 Å². The molecule has 0 saturated carbocycles. The molecule has 0 amide bonds. The van der Waals surface area contributed by atoms with Gasteiger partial charge in [0.2, 0.25) is 0 Å². The number of hydrogen-bond donors (Lipinski definition) is 1. The zero-order valence-corrected chi connectivity index (χ0v) is 7.44. The van der Waals surface area contributed by atoms with Gasteiger partial charge in [0, 0.05) is 19.3 Å².